The lowest BCUT2D eigenvalue weighted by atomic mass is 10.0. The normalized spacial score (nSPS) is 16.5. The summed E-state index contributed by atoms with van der Waals surface area (Å²) in [7, 11) is 0. The van der Waals surface area contributed by atoms with Crippen LogP contribution in [-0.4, -0.2) is 5.78 Å². The van der Waals surface area contributed by atoms with E-state index < -0.39 is 0 Å². The van der Waals surface area contributed by atoms with E-state index in [2.05, 4.69) is 0 Å². The fraction of sp³-hybridized carbons (Fsp3) is 0.400. The van der Waals surface area contributed by atoms with Gasteiger partial charge in [0.25, 0.3) is 0 Å². The van der Waals surface area contributed by atoms with Crippen LogP contribution in [-0.2, 0) is 0 Å². The van der Waals surface area contributed by atoms with Crippen LogP contribution in [0.4, 0.5) is 4.39 Å². The lowest BCUT2D eigenvalue weighted by molar-refractivity contribution is 0.0966. The highest BCUT2D eigenvalue weighted by Crippen LogP contribution is 2.32. The van der Waals surface area contributed by atoms with E-state index in [1.807, 2.05) is 6.07 Å². The van der Waals surface area contributed by atoms with Crippen molar-refractivity contribution in [2.45, 2.75) is 32.1 Å². The van der Waals surface area contributed by atoms with Gasteiger partial charge >= 0.3 is 0 Å². The number of ketones is 1. The molecule has 3 heteroatoms. The zero-order valence-corrected chi connectivity index (χ0v) is 10.9. The van der Waals surface area contributed by atoms with Gasteiger partial charge in [0.15, 0.2) is 5.78 Å². The van der Waals surface area contributed by atoms with Crippen molar-refractivity contribution in [2.75, 3.05) is 0 Å². The SMILES string of the molecule is O=C(CC1CCCC1)c1cc2ccc(F)cc2s1. The molecule has 1 saturated carbocycles. The van der Waals surface area contributed by atoms with Crippen molar-refractivity contribution in [3.05, 3.63) is 35.0 Å². The number of rotatable bonds is 3. The third kappa shape index (κ3) is 2.32. The van der Waals surface area contributed by atoms with Gasteiger partial charge in [-0.25, -0.2) is 4.39 Å². The molecule has 1 fully saturated rings. The molecular weight excluding hydrogens is 247 g/mol. The predicted molar refractivity (Wildman–Crippen MR) is 72.7 cm³/mol. The molecule has 0 bridgehead atoms. The Morgan fingerprint density at radius 3 is 2.83 bits per heavy atom. The number of thiophene rings is 1. The van der Waals surface area contributed by atoms with Crippen LogP contribution in [0, 0.1) is 11.7 Å². The molecule has 0 radical (unpaired) electrons. The summed E-state index contributed by atoms with van der Waals surface area (Å²) in [5.41, 5.74) is 0. The number of halogens is 1. The monoisotopic (exact) mass is 262 g/mol. The minimum atomic E-state index is -0.237. The molecule has 1 aliphatic carbocycles. The smallest absolute Gasteiger partial charge is 0.173 e. The van der Waals surface area contributed by atoms with Gasteiger partial charge in [0.1, 0.15) is 5.82 Å². The fourth-order valence-corrected chi connectivity index (χ4v) is 3.76. The topological polar surface area (TPSA) is 17.1 Å². The zero-order valence-electron chi connectivity index (χ0n) is 10.1. The van der Waals surface area contributed by atoms with Crippen molar-refractivity contribution in [3.8, 4) is 0 Å². The summed E-state index contributed by atoms with van der Waals surface area (Å²) in [5.74, 6) is 0.557. The average molecular weight is 262 g/mol. The quantitative estimate of drug-likeness (QED) is 0.726. The lowest BCUT2D eigenvalue weighted by Gasteiger charge is -2.05. The van der Waals surface area contributed by atoms with Crippen LogP contribution in [0.2, 0.25) is 0 Å². The maximum atomic E-state index is 13.1. The van der Waals surface area contributed by atoms with E-state index in [4.69, 9.17) is 0 Å². The first-order valence-electron chi connectivity index (χ1n) is 6.45. The Morgan fingerprint density at radius 2 is 2.06 bits per heavy atom. The van der Waals surface area contributed by atoms with Gasteiger partial charge < -0.3 is 0 Å². The Balaban J connectivity index is 1.82. The van der Waals surface area contributed by atoms with E-state index in [1.165, 1.54) is 49.2 Å². The molecule has 18 heavy (non-hydrogen) atoms. The fourth-order valence-electron chi connectivity index (χ4n) is 2.72. The maximum absolute atomic E-state index is 13.1. The summed E-state index contributed by atoms with van der Waals surface area (Å²) in [5, 5.41) is 0.969. The number of hydrogen-bond acceptors (Lipinski definition) is 2. The summed E-state index contributed by atoms with van der Waals surface area (Å²) < 4.78 is 14.0. The van der Waals surface area contributed by atoms with E-state index in [1.54, 1.807) is 6.07 Å². The second-order valence-electron chi connectivity index (χ2n) is 5.07. The highest BCUT2D eigenvalue weighted by atomic mass is 32.1. The largest absolute Gasteiger partial charge is 0.293 e. The molecule has 1 heterocycles. The number of carbonyl (C=O) groups excluding carboxylic acids is 1. The first kappa shape index (κ1) is 11.8. The first-order valence-corrected chi connectivity index (χ1v) is 7.26. The van der Waals surface area contributed by atoms with Crippen LogP contribution < -0.4 is 0 Å². The summed E-state index contributed by atoms with van der Waals surface area (Å²) in [4.78, 5) is 13.0. The van der Waals surface area contributed by atoms with Gasteiger partial charge in [-0.3, -0.25) is 4.79 Å². The van der Waals surface area contributed by atoms with Crippen LogP contribution in [0.25, 0.3) is 10.1 Å². The van der Waals surface area contributed by atoms with E-state index in [0.717, 1.165) is 15.0 Å². The van der Waals surface area contributed by atoms with Gasteiger partial charge in [0, 0.05) is 11.1 Å². The van der Waals surface area contributed by atoms with Gasteiger partial charge in [0.05, 0.1) is 4.88 Å². The third-order valence-corrected chi connectivity index (χ3v) is 4.84. The van der Waals surface area contributed by atoms with Crippen molar-refractivity contribution in [1.82, 2.24) is 0 Å². The molecule has 0 atom stereocenters. The molecule has 0 aliphatic heterocycles. The second kappa shape index (κ2) is 4.81. The number of fused-ring (bicyclic) bond motifs is 1. The summed E-state index contributed by atoms with van der Waals surface area (Å²) >= 11 is 1.41. The summed E-state index contributed by atoms with van der Waals surface area (Å²) in [6.07, 6.45) is 5.55. The van der Waals surface area contributed by atoms with Gasteiger partial charge in [-0.1, -0.05) is 31.7 Å². The molecule has 3 rings (SSSR count). The Bertz CT molecular complexity index is 581. The van der Waals surface area contributed by atoms with Crippen molar-refractivity contribution in [1.29, 1.82) is 0 Å². The molecule has 0 amide bonds. The molecule has 94 valence electrons. The number of Topliss-reactive ketones (excluding diaryl/α,β-unsaturated/α-hetero) is 1. The molecule has 0 spiro atoms. The molecule has 1 aromatic heterocycles. The Kier molecular flexibility index (Phi) is 3.16. The maximum Gasteiger partial charge on any atom is 0.173 e. The molecule has 0 N–H and O–H groups in total. The summed E-state index contributed by atoms with van der Waals surface area (Å²) in [6.45, 7) is 0. The molecular formula is C15H15FOS. The Hall–Kier alpha value is -1.22. The van der Waals surface area contributed by atoms with Crippen LogP contribution in [0.3, 0.4) is 0 Å². The number of hydrogen-bond donors (Lipinski definition) is 0. The van der Waals surface area contributed by atoms with E-state index >= 15 is 0 Å². The molecule has 1 nitrogen and oxygen atoms in total. The minimum absolute atomic E-state index is 0.225. The molecule has 1 aromatic carbocycles. The Morgan fingerprint density at radius 1 is 1.28 bits per heavy atom. The lowest BCUT2D eigenvalue weighted by Crippen LogP contribution is -2.03. The number of benzene rings is 1. The second-order valence-corrected chi connectivity index (χ2v) is 6.15. The molecule has 0 unspecified atom stereocenters. The zero-order chi connectivity index (χ0) is 12.5. The number of carbonyl (C=O) groups is 1. The van der Waals surface area contributed by atoms with Crippen LogP contribution in [0.1, 0.15) is 41.8 Å². The van der Waals surface area contributed by atoms with Gasteiger partial charge in [-0.2, -0.15) is 0 Å². The van der Waals surface area contributed by atoms with Gasteiger partial charge in [-0.05, 0) is 29.5 Å². The van der Waals surface area contributed by atoms with Crippen molar-refractivity contribution in [2.24, 2.45) is 5.92 Å². The van der Waals surface area contributed by atoms with Crippen LogP contribution >= 0.6 is 11.3 Å². The van der Waals surface area contributed by atoms with Gasteiger partial charge in [0.2, 0.25) is 0 Å². The van der Waals surface area contributed by atoms with E-state index in [-0.39, 0.29) is 11.6 Å². The molecule has 1 aliphatic rings. The van der Waals surface area contributed by atoms with Gasteiger partial charge in [-0.15, -0.1) is 11.3 Å². The Labute approximate surface area is 110 Å². The molecule has 0 saturated heterocycles. The first-order chi connectivity index (χ1) is 8.72. The summed E-state index contributed by atoms with van der Waals surface area (Å²) in [6, 6.07) is 6.59. The minimum Gasteiger partial charge on any atom is -0.293 e. The third-order valence-electron chi connectivity index (χ3n) is 3.71. The van der Waals surface area contributed by atoms with E-state index in [9.17, 15) is 9.18 Å². The van der Waals surface area contributed by atoms with Crippen LogP contribution in [0.15, 0.2) is 24.3 Å². The highest BCUT2D eigenvalue weighted by Gasteiger charge is 2.20. The van der Waals surface area contributed by atoms with Crippen molar-refractivity contribution in [3.63, 3.8) is 0 Å². The highest BCUT2D eigenvalue weighted by molar-refractivity contribution is 7.20. The molecule has 2 aromatic rings. The van der Waals surface area contributed by atoms with Crippen molar-refractivity contribution < 1.29 is 9.18 Å². The van der Waals surface area contributed by atoms with E-state index in [0.29, 0.717) is 12.3 Å². The predicted octanol–water partition coefficient (Wildman–Crippen LogP) is 4.80. The van der Waals surface area contributed by atoms with Crippen molar-refractivity contribution >= 4 is 27.2 Å². The van der Waals surface area contributed by atoms with Crippen LogP contribution in [0.5, 0.6) is 0 Å². The standard InChI is InChI=1S/C15H15FOS/c16-12-6-5-11-8-15(18-14(11)9-12)13(17)7-10-3-1-2-4-10/h5-6,8-10H,1-4,7H2. The average Bonchev–Trinajstić information content (AvgIpc) is 2.96.